The highest BCUT2D eigenvalue weighted by molar-refractivity contribution is 6.06. The Bertz CT molecular complexity index is 631. The number of imide groups is 1. The second-order valence-corrected chi connectivity index (χ2v) is 6.39. The van der Waals surface area contributed by atoms with E-state index >= 15 is 0 Å². The summed E-state index contributed by atoms with van der Waals surface area (Å²) in [6, 6.07) is 6.99. The van der Waals surface area contributed by atoms with Crippen molar-refractivity contribution in [3.05, 3.63) is 24.3 Å². The summed E-state index contributed by atoms with van der Waals surface area (Å²) in [6.07, 6.45) is 3.52. The molecule has 6 heteroatoms. The number of amides is 3. The quantitative estimate of drug-likeness (QED) is 0.794. The second-order valence-electron chi connectivity index (χ2n) is 6.39. The molecule has 0 N–H and O–H groups in total. The first-order valence-electron chi connectivity index (χ1n) is 8.30. The number of rotatable bonds is 4. The molecule has 1 saturated carbocycles. The Morgan fingerprint density at radius 1 is 1.12 bits per heavy atom. The number of fused-ring (bicyclic) bond motifs is 1. The molecule has 2 aliphatic rings. The average Bonchev–Trinajstić information content (AvgIpc) is 2.84. The monoisotopic (exact) mass is 330 g/mol. The maximum absolute atomic E-state index is 12.6. The van der Waals surface area contributed by atoms with Crippen LogP contribution >= 0.6 is 0 Å². The summed E-state index contributed by atoms with van der Waals surface area (Å²) in [5, 5.41) is 0. The maximum atomic E-state index is 12.6. The van der Waals surface area contributed by atoms with E-state index in [9.17, 15) is 14.4 Å². The molecule has 1 aliphatic carbocycles. The number of hydrogen-bond acceptors (Lipinski definition) is 4. The Labute approximate surface area is 141 Å². The van der Waals surface area contributed by atoms with Gasteiger partial charge in [0, 0.05) is 12.6 Å². The summed E-state index contributed by atoms with van der Waals surface area (Å²) in [4.78, 5) is 39.9. The van der Waals surface area contributed by atoms with E-state index in [0.29, 0.717) is 11.4 Å². The van der Waals surface area contributed by atoms with Gasteiger partial charge >= 0.3 is 0 Å². The van der Waals surface area contributed by atoms with Gasteiger partial charge in [-0.25, -0.2) is 0 Å². The van der Waals surface area contributed by atoms with Crippen LogP contribution in [-0.4, -0.2) is 36.4 Å². The maximum Gasteiger partial charge on any atom is 0.234 e. The fourth-order valence-corrected chi connectivity index (χ4v) is 3.64. The number of benzene rings is 1. The lowest BCUT2D eigenvalue weighted by Gasteiger charge is -2.26. The Kier molecular flexibility index (Phi) is 4.55. The molecule has 3 amide bonds. The van der Waals surface area contributed by atoms with Crippen molar-refractivity contribution in [3.8, 4) is 5.75 Å². The molecule has 3 rings (SSSR count). The van der Waals surface area contributed by atoms with E-state index < -0.39 is 0 Å². The fourth-order valence-electron chi connectivity index (χ4n) is 3.64. The summed E-state index contributed by atoms with van der Waals surface area (Å²) in [5.74, 6) is -0.196. The molecule has 0 radical (unpaired) electrons. The van der Waals surface area contributed by atoms with Crippen molar-refractivity contribution in [3.63, 3.8) is 0 Å². The Morgan fingerprint density at radius 2 is 1.67 bits per heavy atom. The number of carbonyl (C=O) groups is 3. The average molecular weight is 330 g/mol. The molecule has 1 aromatic rings. The van der Waals surface area contributed by atoms with Crippen molar-refractivity contribution in [1.82, 2.24) is 4.90 Å². The second kappa shape index (κ2) is 6.63. The van der Waals surface area contributed by atoms with Crippen LogP contribution in [0.15, 0.2) is 24.3 Å². The normalized spacial score (nSPS) is 23.2. The van der Waals surface area contributed by atoms with Crippen LogP contribution in [0.1, 0.15) is 32.6 Å². The minimum absolute atomic E-state index is 0.0215. The number of carbonyl (C=O) groups excluding carboxylic acids is 3. The van der Waals surface area contributed by atoms with Gasteiger partial charge in [0.15, 0.2) is 0 Å². The topological polar surface area (TPSA) is 66.9 Å². The van der Waals surface area contributed by atoms with Gasteiger partial charge in [-0.1, -0.05) is 12.8 Å². The molecule has 0 aromatic heterocycles. The van der Waals surface area contributed by atoms with E-state index in [0.717, 1.165) is 25.7 Å². The highest BCUT2D eigenvalue weighted by atomic mass is 16.5. The Hall–Kier alpha value is -2.37. The van der Waals surface area contributed by atoms with Crippen molar-refractivity contribution in [2.75, 3.05) is 18.7 Å². The summed E-state index contributed by atoms with van der Waals surface area (Å²) < 4.78 is 5.12. The molecule has 1 saturated heterocycles. The third kappa shape index (κ3) is 2.88. The number of hydrogen-bond donors (Lipinski definition) is 0. The van der Waals surface area contributed by atoms with Gasteiger partial charge in [-0.05, 0) is 37.1 Å². The number of likely N-dealkylation sites (tertiary alicyclic amines) is 1. The predicted molar refractivity (Wildman–Crippen MR) is 88.3 cm³/mol. The zero-order chi connectivity index (χ0) is 17.3. The van der Waals surface area contributed by atoms with Crippen LogP contribution in [0.2, 0.25) is 0 Å². The largest absolute Gasteiger partial charge is 0.497 e. The number of methoxy groups -OCH3 is 1. The SMILES string of the molecule is COc1ccc(N(CN2C(=O)[C@H]3CCCC[C@@H]3C2=O)C(C)=O)cc1. The smallest absolute Gasteiger partial charge is 0.234 e. The van der Waals surface area contributed by atoms with Crippen molar-refractivity contribution in [2.45, 2.75) is 32.6 Å². The molecule has 2 fully saturated rings. The van der Waals surface area contributed by atoms with Crippen molar-refractivity contribution >= 4 is 23.4 Å². The van der Waals surface area contributed by atoms with Crippen LogP contribution in [0.3, 0.4) is 0 Å². The summed E-state index contributed by atoms with van der Waals surface area (Å²) in [6.45, 7) is 1.41. The van der Waals surface area contributed by atoms with Gasteiger partial charge in [0.2, 0.25) is 17.7 Å². The zero-order valence-electron chi connectivity index (χ0n) is 14.0. The van der Waals surface area contributed by atoms with Crippen molar-refractivity contribution in [2.24, 2.45) is 11.8 Å². The standard InChI is InChI=1S/C18H22N2O4/c1-12(21)19(13-7-9-14(24-2)10-8-13)11-20-17(22)15-5-3-4-6-16(15)18(20)23/h7-10,15-16H,3-6,11H2,1-2H3/t15-,16-/m0/s1. The van der Waals surface area contributed by atoms with Gasteiger partial charge in [-0.2, -0.15) is 0 Å². The van der Waals surface area contributed by atoms with Crippen LogP contribution in [0.5, 0.6) is 5.75 Å². The molecule has 0 unspecified atom stereocenters. The Morgan fingerprint density at radius 3 is 2.12 bits per heavy atom. The van der Waals surface area contributed by atoms with E-state index in [2.05, 4.69) is 0 Å². The van der Waals surface area contributed by atoms with Gasteiger partial charge in [-0.3, -0.25) is 24.2 Å². The third-order valence-corrected chi connectivity index (χ3v) is 4.98. The molecule has 0 spiro atoms. The number of ether oxygens (including phenoxy) is 1. The predicted octanol–water partition coefficient (Wildman–Crippen LogP) is 2.18. The van der Waals surface area contributed by atoms with Crippen molar-refractivity contribution < 1.29 is 19.1 Å². The highest BCUT2D eigenvalue weighted by Gasteiger charge is 2.48. The van der Waals surface area contributed by atoms with Gasteiger partial charge in [0.1, 0.15) is 12.4 Å². The molecule has 1 aromatic carbocycles. The van der Waals surface area contributed by atoms with Gasteiger partial charge in [0.05, 0.1) is 18.9 Å². The molecule has 6 nitrogen and oxygen atoms in total. The van der Waals surface area contributed by atoms with Gasteiger partial charge in [0.25, 0.3) is 0 Å². The lowest BCUT2D eigenvalue weighted by molar-refractivity contribution is -0.140. The third-order valence-electron chi connectivity index (χ3n) is 4.98. The van der Waals surface area contributed by atoms with E-state index in [1.807, 2.05) is 0 Å². The first-order chi connectivity index (χ1) is 11.5. The molecule has 1 heterocycles. The van der Waals surface area contributed by atoms with Gasteiger partial charge in [-0.15, -0.1) is 0 Å². The lowest BCUT2D eigenvalue weighted by Crippen LogP contribution is -2.44. The summed E-state index contributed by atoms with van der Waals surface area (Å²) >= 11 is 0. The molecule has 1 aliphatic heterocycles. The molecule has 0 bridgehead atoms. The van der Waals surface area contributed by atoms with Crippen molar-refractivity contribution in [1.29, 1.82) is 0 Å². The van der Waals surface area contributed by atoms with Crippen LogP contribution in [0.4, 0.5) is 5.69 Å². The van der Waals surface area contributed by atoms with Gasteiger partial charge < -0.3 is 4.74 Å². The minimum Gasteiger partial charge on any atom is -0.497 e. The first kappa shape index (κ1) is 16.5. The lowest BCUT2D eigenvalue weighted by atomic mass is 9.81. The fraction of sp³-hybridized carbons (Fsp3) is 0.500. The Balaban J connectivity index is 1.81. The highest BCUT2D eigenvalue weighted by Crippen LogP contribution is 2.38. The molecular weight excluding hydrogens is 308 g/mol. The zero-order valence-corrected chi connectivity index (χ0v) is 14.0. The minimum atomic E-state index is -0.212. The summed E-state index contributed by atoms with van der Waals surface area (Å²) in [5.41, 5.74) is 0.638. The van der Waals surface area contributed by atoms with Crippen LogP contribution in [0, 0.1) is 11.8 Å². The molecule has 128 valence electrons. The van der Waals surface area contributed by atoms with Crippen LogP contribution < -0.4 is 9.64 Å². The van der Waals surface area contributed by atoms with E-state index in [4.69, 9.17) is 4.74 Å². The first-order valence-corrected chi connectivity index (χ1v) is 8.30. The van der Waals surface area contributed by atoms with E-state index in [-0.39, 0.29) is 36.2 Å². The van der Waals surface area contributed by atoms with Crippen LogP contribution in [-0.2, 0) is 14.4 Å². The number of anilines is 1. The number of nitrogens with zero attached hydrogens (tertiary/aromatic N) is 2. The summed E-state index contributed by atoms with van der Waals surface area (Å²) in [7, 11) is 1.57. The molecular formula is C18H22N2O4. The van der Waals surface area contributed by atoms with E-state index in [1.54, 1.807) is 31.4 Å². The van der Waals surface area contributed by atoms with E-state index in [1.165, 1.54) is 16.7 Å². The molecule has 2 atom stereocenters. The van der Waals surface area contributed by atoms with Crippen LogP contribution in [0.25, 0.3) is 0 Å². The molecule has 24 heavy (non-hydrogen) atoms.